The van der Waals surface area contributed by atoms with Crippen molar-refractivity contribution in [3.63, 3.8) is 0 Å². The number of H-pyrrole nitrogens is 1. The number of para-hydroxylation sites is 1. The molecule has 1 aromatic heterocycles. The Morgan fingerprint density at radius 3 is 2.68 bits per heavy atom. The molecule has 1 N–H and O–H groups in total. The molecule has 0 saturated heterocycles. The Hall–Kier alpha value is -1.33. The largest absolute Gasteiger partial charge is 0.494 e. The topological polar surface area (TPSA) is 33.2 Å². The van der Waals surface area contributed by atoms with Crippen LogP contribution in [0.15, 0.2) is 18.2 Å². The van der Waals surface area contributed by atoms with E-state index in [0.717, 1.165) is 47.7 Å². The van der Waals surface area contributed by atoms with Crippen LogP contribution in [0.4, 0.5) is 0 Å². The van der Waals surface area contributed by atoms with Crippen LogP contribution >= 0.6 is 12.2 Å². The maximum Gasteiger partial charge on any atom is 0.178 e. The molecular formula is C14H21N3OS. The van der Waals surface area contributed by atoms with E-state index in [9.17, 15) is 0 Å². The van der Waals surface area contributed by atoms with E-state index < -0.39 is 0 Å². The fourth-order valence-corrected chi connectivity index (χ4v) is 2.62. The molecule has 0 bridgehead atoms. The molecule has 0 fully saturated rings. The van der Waals surface area contributed by atoms with E-state index >= 15 is 0 Å². The van der Waals surface area contributed by atoms with Crippen molar-refractivity contribution >= 4 is 23.3 Å². The molecule has 1 heterocycles. The van der Waals surface area contributed by atoms with E-state index in [1.807, 2.05) is 12.1 Å². The first-order valence-electron chi connectivity index (χ1n) is 6.69. The monoisotopic (exact) mass is 279 g/mol. The second kappa shape index (κ2) is 6.21. The Kier molecular flexibility index (Phi) is 4.61. The Morgan fingerprint density at radius 1 is 1.32 bits per heavy atom. The summed E-state index contributed by atoms with van der Waals surface area (Å²) in [6, 6.07) is 6.02. The van der Waals surface area contributed by atoms with Crippen LogP contribution in [0.2, 0.25) is 0 Å². The van der Waals surface area contributed by atoms with Gasteiger partial charge in [0.25, 0.3) is 0 Å². The van der Waals surface area contributed by atoms with Crippen molar-refractivity contribution in [1.82, 2.24) is 14.5 Å². The number of hydrogen-bond acceptors (Lipinski definition) is 3. The Morgan fingerprint density at radius 2 is 2.05 bits per heavy atom. The molecule has 0 aliphatic heterocycles. The second-order valence-corrected chi connectivity index (χ2v) is 4.85. The molecule has 19 heavy (non-hydrogen) atoms. The number of aromatic nitrogens is 2. The number of benzene rings is 1. The minimum absolute atomic E-state index is 0.756. The van der Waals surface area contributed by atoms with Gasteiger partial charge >= 0.3 is 0 Å². The molecule has 5 heteroatoms. The summed E-state index contributed by atoms with van der Waals surface area (Å²) in [6.45, 7) is 8.40. The first-order chi connectivity index (χ1) is 9.21. The van der Waals surface area contributed by atoms with Crippen molar-refractivity contribution in [2.75, 3.05) is 26.7 Å². The lowest BCUT2D eigenvalue weighted by molar-refractivity contribution is 0.291. The second-order valence-electron chi connectivity index (χ2n) is 4.46. The van der Waals surface area contributed by atoms with Crippen LogP contribution in [0, 0.1) is 4.77 Å². The molecule has 0 aliphatic rings. The van der Waals surface area contributed by atoms with E-state index in [4.69, 9.17) is 17.0 Å². The average molecular weight is 279 g/mol. The molecule has 1 aromatic carbocycles. The Labute approximate surface area is 119 Å². The molecule has 0 spiro atoms. The maximum atomic E-state index is 5.42. The van der Waals surface area contributed by atoms with Crippen molar-refractivity contribution in [2.24, 2.45) is 0 Å². The summed E-state index contributed by atoms with van der Waals surface area (Å²) >= 11 is 5.42. The van der Waals surface area contributed by atoms with Crippen LogP contribution in [0.25, 0.3) is 11.0 Å². The molecule has 104 valence electrons. The average Bonchev–Trinajstić information content (AvgIpc) is 2.76. The van der Waals surface area contributed by atoms with Gasteiger partial charge in [0.1, 0.15) is 11.3 Å². The van der Waals surface area contributed by atoms with Gasteiger partial charge < -0.3 is 19.2 Å². The molecule has 0 aliphatic carbocycles. The molecule has 0 radical (unpaired) electrons. The van der Waals surface area contributed by atoms with E-state index in [1.165, 1.54) is 0 Å². The van der Waals surface area contributed by atoms with E-state index in [0.29, 0.717) is 0 Å². The van der Waals surface area contributed by atoms with Gasteiger partial charge in [-0.3, -0.25) is 0 Å². The number of nitrogens with zero attached hydrogens (tertiary/aromatic N) is 2. The number of nitrogens with one attached hydrogen (secondary N) is 1. The number of likely N-dealkylation sites (N-methyl/N-ethyl adjacent to an activating group) is 1. The summed E-state index contributed by atoms with van der Waals surface area (Å²) in [4.78, 5) is 5.63. The highest BCUT2D eigenvalue weighted by molar-refractivity contribution is 7.71. The zero-order valence-corrected chi connectivity index (χ0v) is 12.6. The van der Waals surface area contributed by atoms with Crippen LogP contribution in [0.3, 0.4) is 0 Å². The van der Waals surface area contributed by atoms with Gasteiger partial charge in [0, 0.05) is 13.1 Å². The standard InChI is InChI=1S/C14H21N3OS/c1-4-16(5-2)9-10-17-11-7-6-8-12(18-3)13(11)15-14(17)19/h6-8H,4-5,9-10H2,1-3H3,(H,15,19). The lowest BCUT2D eigenvalue weighted by Crippen LogP contribution is -2.27. The number of aromatic amines is 1. The van der Waals surface area contributed by atoms with Gasteiger partial charge in [-0.15, -0.1) is 0 Å². The van der Waals surface area contributed by atoms with Gasteiger partial charge in [-0.05, 0) is 37.4 Å². The number of imidazole rings is 1. The van der Waals surface area contributed by atoms with Crippen LogP contribution in [0.5, 0.6) is 5.75 Å². The molecule has 0 saturated carbocycles. The van der Waals surface area contributed by atoms with Crippen LogP contribution < -0.4 is 4.74 Å². The maximum absolute atomic E-state index is 5.42. The third kappa shape index (κ3) is 2.82. The van der Waals surface area contributed by atoms with Gasteiger partial charge in [0.05, 0.1) is 12.6 Å². The summed E-state index contributed by atoms with van der Waals surface area (Å²) in [5, 5.41) is 0. The van der Waals surface area contributed by atoms with Crippen molar-refractivity contribution in [1.29, 1.82) is 0 Å². The summed E-state index contributed by atoms with van der Waals surface area (Å²) in [5.74, 6) is 0.838. The first-order valence-corrected chi connectivity index (χ1v) is 7.10. The Bertz CT molecular complexity index is 598. The SMILES string of the molecule is CCN(CC)CCn1c(=S)[nH]c2c(OC)cccc21. The zero-order valence-electron chi connectivity index (χ0n) is 11.8. The highest BCUT2D eigenvalue weighted by atomic mass is 32.1. The first kappa shape index (κ1) is 14.1. The quantitative estimate of drug-likeness (QED) is 0.825. The van der Waals surface area contributed by atoms with Gasteiger partial charge in [-0.25, -0.2) is 0 Å². The molecule has 2 rings (SSSR count). The highest BCUT2D eigenvalue weighted by Gasteiger charge is 2.09. The number of methoxy groups -OCH3 is 1. The van der Waals surface area contributed by atoms with E-state index in [2.05, 4.69) is 34.4 Å². The van der Waals surface area contributed by atoms with E-state index in [1.54, 1.807) is 7.11 Å². The predicted octanol–water partition coefficient (Wildman–Crippen LogP) is 3.05. The third-order valence-corrected chi connectivity index (χ3v) is 3.85. The molecule has 0 atom stereocenters. The van der Waals surface area contributed by atoms with Crippen molar-refractivity contribution < 1.29 is 4.74 Å². The smallest absolute Gasteiger partial charge is 0.178 e. The fraction of sp³-hybridized carbons (Fsp3) is 0.500. The predicted molar refractivity (Wildman–Crippen MR) is 81.5 cm³/mol. The van der Waals surface area contributed by atoms with Gasteiger partial charge in [-0.2, -0.15) is 0 Å². The molecule has 2 aromatic rings. The molecule has 0 amide bonds. The summed E-state index contributed by atoms with van der Waals surface area (Å²) < 4.78 is 8.26. The minimum atomic E-state index is 0.756. The van der Waals surface area contributed by atoms with Crippen LogP contribution in [0.1, 0.15) is 13.8 Å². The van der Waals surface area contributed by atoms with Crippen LogP contribution in [-0.2, 0) is 6.54 Å². The summed E-state index contributed by atoms with van der Waals surface area (Å²) in [5.41, 5.74) is 2.09. The number of fused-ring (bicyclic) bond motifs is 1. The fourth-order valence-electron chi connectivity index (χ4n) is 2.33. The van der Waals surface area contributed by atoms with Crippen molar-refractivity contribution in [2.45, 2.75) is 20.4 Å². The number of ether oxygens (including phenoxy) is 1. The summed E-state index contributed by atoms with van der Waals surface area (Å²) in [7, 11) is 1.68. The number of hydrogen-bond donors (Lipinski definition) is 1. The van der Waals surface area contributed by atoms with E-state index in [-0.39, 0.29) is 0 Å². The lowest BCUT2D eigenvalue weighted by Gasteiger charge is -2.18. The van der Waals surface area contributed by atoms with Crippen molar-refractivity contribution in [3.8, 4) is 5.75 Å². The van der Waals surface area contributed by atoms with Gasteiger partial charge in [0.2, 0.25) is 0 Å². The minimum Gasteiger partial charge on any atom is -0.494 e. The Balaban J connectivity index is 2.33. The molecule has 0 unspecified atom stereocenters. The lowest BCUT2D eigenvalue weighted by atomic mass is 10.3. The van der Waals surface area contributed by atoms with Crippen molar-refractivity contribution in [3.05, 3.63) is 23.0 Å². The zero-order chi connectivity index (χ0) is 13.8. The van der Waals surface area contributed by atoms with Crippen LogP contribution in [-0.4, -0.2) is 41.2 Å². The summed E-state index contributed by atoms with van der Waals surface area (Å²) in [6.07, 6.45) is 0. The van der Waals surface area contributed by atoms with Gasteiger partial charge in [0.15, 0.2) is 4.77 Å². The van der Waals surface area contributed by atoms with Gasteiger partial charge in [-0.1, -0.05) is 19.9 Å². The highest BCUT2D eigenvalue weighted by Crippen LogP contribution is 2.24. The number of rotatable bonds is 6. The normalized spacial score (nSPS) is 11.4. The third-order valence-electron chi connectivity index (χ3n) is 3.53. The molecule has 4 nitrogen and oxygen atoms in total. The molecular weight excluding hydrogens is 258 g/mol.